The molecule has 0 amide bonds. The predicted octanol–water partition coefficient (Wildman–Crippen LogP) is 2.25. The molecule has 0 heterocycles. The van der Waals surface area contributed by atoms with Crippen LogP contribution < -0.4 is 0 Å². The van der Waals surface area contributed by atoms with Gasteiger partial charge in [0.25, 0.3) is 0 Å². The van der Waals surface area contributed by atoms with Crippen molar-refractivity contribution in [3.8, 4) is 0 Å². The number of unbranched alkanes of at least 4 members (excludes halogenated alkanes) is 1. The Labute approximate surface area is 101 Å². The summed E-state index contributed by atoms with van der Waals surface area (Å²) in [5, 5.41) is 9.31. The molecular formula is C11H15NO4S. The number of hydrogen-bond donors (Lipinski definition) is 0. The van der Waals surface area contributed by atoms with Crippen LogP contribution in [0, 0.1) is 10.1 Å². The Morgan fingerprint density at radius 2 is 1.88 bits per heavy atom. The van der Waals surface area contributed by atoms with Gasteiger partial charge in [-0.15, -0.1) is 0 Å². The van der Waals surface area contributed by atoms with E-state index in [4.69, 9.17) is 0 Å². The number of nitro groups is 1. The largest absolute Gasteiger partial charge is 0.314 e. The molecule has 1 aromatic carbocycles. The lowest BCUT2D eigenvalue weighted by Gasteiger charge is -2.10. The molecule has 0 N–H and O–H groups in total. The average Bonchev–Trinajstić information content (AvgIpc) is 2.30. The Bertz CT molecular complexity index is 470. The van der Waals surface area contributed by atoms with Gasteiger partial charge in [-0.05, 0) is 18.6 Å². The second kappa shape index (κ2) is 5.77. The standard InChI is InChI=1S/C11H15NO4S/c1-2-3-9-11(12(13)14)17(15,16)10-7-5-4-6-8-10/h4-8,11H,2-3,9H2,1H3. The normalized spacial score (nSPS) is 13.2. The molecule has 0 aliphatic heterocycles. The van der Waals surface area contributed by atoms with Crippen LogP contribution >= 0.6 is 0 Å². The lowest BCUT2D eigenvalue weighted by molar-refractivity contribution is -0.498. The third-order valence-electron chi connectivity index (χ3n) is 2.47. The first-order valence-corrected chi connectivity index (χ1v) is 6.97. The van der Waals surface area contributed by atoms with Gasteiger partial charge in [0, 0.05) is 11.3 Å². The molecule has 0 saturated heterocycles. The summed E-state index contributed by atoms with van der Waals surface area (Å²) in [6, 6.07) is 7.56. The second-order valence-corrected chi connectivity index (χ2v) is 5.85. The fourth-order valence-corrected chi connectivity index (χ4v) is 3.07. The molecule has 0 saturated carbocycles. The second-order valence-electron chi connectivity index (χ2n) is 3.74. The van der Waals surface area contributed by atoms with E-state index in [1.165, 1.54) is 12.1 Å². The van der Waals surface area contributed by atoms with Crippen LogP contribution in [0.5, 0.6) is 0 Å². The van der Waals surface area contributed by atoms with E-state index in [0.29, 0.717) is 6.42 Å². The lowest BCUT2D eigenvalue weighted by atomic mass is 10.2. The molecule has 1 rings (SSSR count). The average molecular weight is 257 g/mol. The van der Waals surface area contributed by atoms with E-state index in [2.05, 4.69) is 0 Å². The summed E-state index contributed by atoms with van der Waals surface area (Å²) in [5.41, 5.74) is 0. The zero-order valence-corrected chi connectivity index (χ0v) is 10.4. The first kappa shape index (κ1) is 13.6. The smallest absolute Gasteiger partial charge is 0.263 e. The van der Waals surface area contributed by atoms with E-state index in [1.54, 1.807) is 18.2 Å². The van der Waals surface area contributed by atoms with Gasteiger partial charge in [-0.3, -0.25) is 10.1 Å². The van der Waals surface area contributed by atoms with Crippen LogP contribution in [-0.2, 0) is 9.84 Å². The highest BCUT2D eigenvalue weighted by molar-refractivity contribution is 7.91. The van der Waals surface area contributed by atoms with Gasteiger partial charge in [0.15, 0.2) is 0 Å². The fourth-order valence-electron chi connectivity index (χ4n) is 1.52. The minimum Gasteiger partial charge on any atom is -0.263 e. The molecule has 5 nitrogen and oxygen atoms in total. The predicted molar refractivity (Wildman–Crippen MR) is 63.9 cm³/mol. The Hall–Kier alpha value is -1.43. The number of nitrogens with zero attached hydrogens (tertiary/aromatic N) is 1. The highest BCUT2D eigenvalue weighted by Crippen LogP contribution is 2.20. The van der Waals surface area contributed by atoms with E-state index in [1.807, 2.05) is 6.92 Å². The first-order chi connectivity index (χ1) is 8.00. The van der Waals surface area contributed by atoms with Crippen molar-refractivity contribution in [3.05, 3.63) is 40.4 Å². The van der Waals surface area contributed by atoms with Crippen molar-refractivity contribution in [3.63, 3.8) is 0 Å². The van der Waals surface area contributed by atoms with Gasteiger partial charge in [0.05, 0.1) is 4.90 Å². The maximum atomic E-state index is 12.0. The van der Waals surface area contributed by atoms with Crippen molar-refractivity contribution in [2.75, 3.05) is 0 Å². The highest BCUT2D eigenvalue weighted by atomic mass is 32.2. The van der Waals surface area contributed by atoms with E-state index in [0.717, 1.165) is 6.42 Å². The zero-order valence-electron chi connectivity index (χ0n) is 9.57. The van der Waals surface area contributed by atoms with Gasteiger partial charge in [-0.2, -0.15) is 0 Å². The molecule has 94 valence electrons. The Kier molecular flexibility index (Phi) is 4.62. The van der Waals surface area contributed by atoms with Gasteiger partial charge in [0.1, 0.15) is 0 Å². The Morgan fingerprint density at radius 3 is 2.35 bits per heavy atom. The van der Waals surface area contributed by atoms with E-state index in [-0.39, 0.29) is 11.3 Å². The molecule has 6 heteroatoms. The summed E-state index contributed by atoms with van der Waals surface area (Å²) in [5.74, 6) is 0. The summed E-state index contributed by atoms with van der Waals surface area (Å²) in [7, 11) is -3.87. The molecule has 0 radical (unpaired) electrons. The number of sulfone groups is 1. The lowest BCUT2D eigenvalue weighted by Crippen LogP contribution is -2.29. The van der Waals surface area contributed by atoms with Crippen molar-refractivity contribution in [1.29, 1.82) is 0 Å². The van der Waals surface area contributed by atoms with Crippen LogP contribution in [0.1, 0.15) is 26.2 Å². The van der Waals surface area contributed by atoms with Crippen molar-refractivity contribution in [2.24, 2.45) is 0 Å². The summed E-state index contributed by atoms with van der Waals surface area (Å²) in [4.78, 5) is 10.2. The highest BCUT2D eigenvalue weighted by Gasteiger charge is 2.36. The minimum atomic E-state index is -3.87. The van der Waals surface area contributed by atoms with Crippen molar-refractivity contribution in [1.82, 2.24) is 0 Å². The molecular weight excluding hydrogens is 242 g/mol. The van der Waals surface area contributed by atoms with Crippen molar-refractivity contribution >= 4 is 9.84 Å². The van der Waals surface area contributed by atoms with Crippen LogP contribution in [0.25, 0.3) is 0 Å². The summed E-state index contributed by atoms with van der Waals surface area (Å²) in [6.45, 7) is 1.87. The maximum absolute atomic E-state index is 12.0. The summed E-state index contributed by atoms with van der Waals surface area (Å²) < 4.78 is 24.1. The van der Waals surface area contributed by atoms with Crippen molar-refractivity contribution < 1.29 is 13.3 Å². The van der Waals surface area contributed by atoms with Crippen LogP contribution in [-0.4, -0.2) is 18.7 Å². The molecule has 1 atom stereocenters. The molecule has 0 fully saturated rings. The summed E-state index contributed by atoms with van der Waals surface area (Å²) in [6.07, 6.45) is 1.31. The molecule has 1 aromatic rings. The molecule has 0 aliphatic carbocycles. The van der Waals surface area contributed by atoms with Gasteiger partial charge in [-0.1, -0.05) is 31.5 Å². The Morgan fingerprint density at radius 1 is 1.29 bits per heavy atom. The quantitative estimate of drug-likeness (QED) is 0.578. The van der Waals surface area contributed by atoms with Gasteiger partial charge in [0.2, 0.25) is 9.84 Å². The molecule has 0 aromatic heterocycles. The van der Waals surface area contributed by atoms with Gasteiger partial charge < -0.3 is 0 Å². The van der Waals surface area contributed by atoms with Crippen LogP contribution in [0.3, 0.4) is 0 Å². The van der Waals surface area contributed by atoms with Crippen LogP contribution in [0.2, 0.25) is 0 Å². The third kappa shape index (κ3) is 3.26. The fraction of sp³-hybridized carbons (Fsp3) is 0.455. The summed E-state index contributed by atoms with van der Waals surface area (Å²) >= 11 is 0. The van der Waals surface area contributed by atoms with Crippen molar-refractivity contribution in [2.45, 2.75) is 36.5 Å². The zero-order chi connectivity index (χ0) is 12.9. The number of rotatable bonds is 6. The molecule has 0 aliphatic rings. The topological polar surface area (TPSA) is 77.3 Å². The van der Waals surface area contributed by atoms with E-state index in [9.17, 15) is 18.5 Å². The SMILES string of the molecule is CCCCC([N+](=O)[O-])S(=O)(=O)c1ccccc1. The molecule has 17 heavy (non-hydrogen) atoms. The number of benzene rings is 1. The van der Waals surface area contributed by atoms with E-state index >= 15 is 0 Å². The van der Waals surface area contributed by atoms with Crippen LogP contribution in [0.4, 0.5) is 0 Å². The minimum absolute atomic E-state index is 0.0119. The molecule has 0 spiro atoms. The van der Waals surface area contributed by atoms with Gasteiger partial charge in [-0.25, -0.2) is 8.42 Å². The number of hydrogen-bond acceptors (Lipinski definition) is 4. The Balaban J connectivity index is 3.05. The maximum Gasteiger partial charge on any atom is 0.314 e. The van der Waals surface area contributed by atoms with Crippen LogP contribution in [0.15, 0.2) is 35.2 Å². The third-order valence-corrected chi connectivity index (χ3v) is 4.52. The monoisotopic (exact) mass is 257 g/mol. The first-order valence-electron chi connectivity index (χ1n) is 5.42. The molecule has 1 unspecified atom stereocenters. The van der Waals surface area contributed by atoms with Gasteiger partial charge >= 0.3 is 5.37 Å². The van der Waals surface area contributed by atoms with E-state index < -0.39 is 20.1 Å². The molecule has 0 bridgehead atoms.